The molecule has 2 aliphatic heterocycles. The molecule has 2 heterocycles. The highest BCUT2D eigenvalue weighted by molar-refractivity contribution is 6.32. The van der Waals surface area contributed by atoms with Crippen LogP contribution < -0.4 is 15.5 Å². The highest BCUT2D eigenvalue weighted by atomic mass is 35.5. The maximum absolute atomic E-state index is 6.26. The molecule has 2 N–H and O–H groups in total. The Morgan fingerprint density at radius 3 is 3.16 bits per heavy atom. The fraction of sp³-hybridized carbons (Fsp3) is 0.500. The number of halogens is 1. The summed E-state index contributed by atoms with van der Waals surface area (Å²) in [5.41, 5.74) is 5.68. The highest BCUT2D eigenvalue weighted by Crippen LogP contribution is 2.34. The van der Waals surface area contributed by atoms with E-state index in [9.17, 15) is 0 Å². The Hall–Kier alpha value is -1.26. The van der Waals surface area contributed by atoms with Crippen LogP contribution in [0.15, 0.2) is 23.3 Å². The summed E-state index contributed by atoms with van der Waals surface area (Å²) in [5.74, 6) is 1.18. The van der Waals surface area contributed by atoms with Crippen LogP contribution in [0.5, 0.6) is 5.75 Å². The molecule has 19 heavy (non-hydrogen) atoms. The van der Waals surface area contributed by atoms with Crippen molar-refractivity contribution in [2.24, 2.45) is 11.0 Å². The number of hydrogen-bond acceptors (Lipinski definition) is 4. The minimum Gasteiger partial charge on any atom is -0.492 e. The van der Waals surface area contributed by atoms with Gasteiger partial charge in [0.2, 0.25) is 0 Å². The summed E-state index contributed by atoms with van der Waals surface area (Å²) in [7, 11) is 0. The molecule has 2 unspecified atom stereocenters. The summed E-state index contributed by atoms with van der Waals surface area (Å²) in [6.07, 6.45) is 1.03. The van der Waals surface area contributed by atoms with Gasteiger partial charge in [-0.2, -0.15) is 5.10 Å². The van der Waals surface area contributed by atoms with Crippen molar-refractivity contribution in [3.8, 4) is 5.75 Å². The van der Waals surface area contributed by atoms with Crippen LogP contribution in [0.3, 0.4) is 0 Å². The molecule has 1 fully saturated rings. The predicted molar refractivity (Wildman–Crippen MR) is 76.9 cm³/mol. The van der Waals surface area contributed by atoms with E-state index in [1.165, 1.54) is 11.3 Å². The molecule has 2 aliphatic rings. The molecule has 0 amide bonds. The molecule has 0 bridgehead atoms. The van der Waals surface area contributed by atoms with Gasteiger partial charge in [-0.05, 0) is 24.6 Å². The quantitative estimate of drug-likeness (QED) is 0.893. The summed E-state index contributed by atoms with van der Waals surface area (Å²) in [6, 6.07) is 6.21. The predicted octanol–water partition coefficient (Wildman–Crippen LogP) is 2.35. The number of nitrogens with one attached hydrogen (secondary N) is 2. The van der Waals surface area contributed by atoms with Gasteiger partial charge in [-0.15, -0.1) is 0 Å². The molecule has 1 aromatic rings. The molecule has 1 aromatic carbocycles. The van der Waals surface area contributed by atoms with Crippen LogP contribution in [0, 0.1) is 5.92 Å². The first-order chi connectivity index (χ1) is 9.29. The summed E-state index contributed by atoms with van der Waals surface area (Å²) in [5, 5.41) is 8.55. The van der Waals surface area contributed by atoms with Crippen LogP contribution in [-0.4, -0.2) is 25.4 Å². The molecular formula is C14H18ClN3O. The third-order valence-corrected chi connectivity index (χ3v) is 4.01. The fourth-order valence-corrected chi connectivity index (χ4v) is 3.00. The molecule has 2 atom stereocenters. The molecule has 0 saturated carbocycles. The monoisotopic (exact) mass is 279 g/mol. The topological polar surface area (TPSA) is 45.6 Å². The number of nitrogens with zero attached hydrogens (tertiary/aromatic N) is 1. The molecule has 0 radical (unpaired) electrons. The van der Waals surface area contributed by atoms with Gasteiger partial charge in [-0.25, -0.2) is 0 Å². The number of hydrazone groups is 1. The average Bonchev–Trinajstić information content (AvgIpc) is 2.85. The molecule has 0 aliphatic carbocycles. The van der Waals surface area contributed by atoms with E-state index in [-0.39, 0.29) is 6.04 Å². The zero-order chi connectivity index (χ0) is 13.2. The van der Waals surface area contributed by atoms with Gasteiger partial charge in [0.05, 0.1) is 17.7 Å². The van der Waals surface area contributed by atoms with E-state index in [0.717, 1.165) is 25.3 Å². The molecule has 5 heteroatoms. The molecule has 102 valence electrons. The standard InChI is InChI=1S/C14H18ClN3O/c1-2-19-13-4-3-9(7-11(13)15)14-10-8-16-6-5-12(10)17-18-14/h3-4,7,10,14,16,18H,2,5-6,8H2,1H3. The van der Waals surface area contributed by atoms with Gasteiger partial charge in [0.1, 0.15) is 5.75 Å². The van der Waals surface area contributed by atoms with E-state index in [0.29, 0.717) is 17.5 Å². The number of fused-ring (bicyclic) bond motifs is 1. The van der Waals surface area contributed by atoms with Crippen LogP contribution in [0.2, 0.25) is 5.02 Å². The van der Waals surface area contributed by atoms with Crippen molar-refractivity contribution >= 4 is 17.3 Å². The lowest BCUT2D eigenvalue weighted by Gasteiger charge is -2.25. The molecule has 1 saturated heterocycles. The van der Waals surface area contributed by atoms with E-state index in [1.807, 2.05) is 19.1 Å². The second-order valence-electron chi connectivity index (χ2n) is 4.89. The van der Waals surface area contributed by atoms with Gasteiger partial charge in [0, 0.05) is 31.1 Å². The van der Waals surface area contributed by atoms with Gasteiger partial charge >= 0.3 is 0 Å². The van der Waals surface area contributed by atoms with E-state index in [2.05, 4.69) is 21.9 Å². The van der Waals surface area contributed by atoms with Crippen LogP contribution >= 0.6 is 11.6 Å². The average molecular weight is 280 g/mol. The minimum absolute atomic E-state index is 0.218. The Morgan fingerprint density at radius 1 is 1.47 bits per heavy atom. The van der Waals surface area contributed by atoms with Crippen LogP contribution in [0.25, 0.3) is 0 Å². The Bertz CT molecular complexity index is 503. The lowest BCUT2D eigenvalue weighted by Crippen LogP contribution is -2.38. The zero-order valence-electron chi connectivity index (χ0n) is 10.9. The fourth-order valence-electron chi connectivity index (χ4n) is 2.76. The van der Waals surface area contributed by atoms with Gasteiger partial charge in [0.15, 0.2) is 0 Å². The third kappa shape index (κ3) is 2.42. The number of benzene rings is 1. The number of hydrogen-bond donors (Lipinski definition) is 2. The minimum atomic E-state index is 0.218. The summed E-state index contributed by atoms with van der Waals surface area (Å²) >= 11 is 6.26. The van der Waals surface area contributed by atoms with Crippen LogP contribution in [0.1, 0.15) is 24.9 Å². The second kappa shape index (κ2) is 5.39. The smallest absolute Gasteiger partial charge is 0.137 e. The normalized spacial score (nSPS) is 25.5. The molecule has 4 nitrogen and oxygen atoms in total. The van der Waals surface area contributed by atoms with Gasteiger partial charge in [-0.3, -0.25) is 0 Å². The maximum Gasteiger partial charge on any atom is 0.137 e. The van der Waals surface area contributed by atoms with Crippen LogP contribution in [-0.2, 0) is 0 Å². The zero-order valence-corrected chi connectivity index (χ0v) is 11.7. The number of piperidine rings is 1. The lowest BCUT2D eigenvalue weighted by atomic mass is 9.87. The van der Waals surface area contributed by atoms with E-state index in [4.69, 9.17) is 16.3 Å². The molecule has 3 rings (SSSR count). The SMILES string of the molecule is CCOc1ccc(C2NN=C3CCNCC32)cc1Cl. The van der Waals surface area contributed by atoms with Crippen molar-refractivity contribution in [2.75, 3.05) is 19.7 Å². The first-order valence-electron chi connectivity index (χ1n) is 6.74. The van der Waals surface area contributed by atoms with Crippen molar-refractivity contribution in [1.29, 1.82) is 0 Å². The van der Waals surface area contributed by atoms with E-state index >= 15 is 0 Å². The second-order valence-corrected chi connectivity index (χ2v) is 5.30. The third-order valence-electron chi connectivity index (χ3n) is 3.71. The summed E-state index contributed by atoms with van der Waals surface area (Å²) in [6.45, 7) is 4.58. The first-order valence-corrected chi connectivity index (χ1v) is 7.12. The Labute approximate surface area is 118 Å². The van der Waals surface area contributed by atoms with Crippen molar-refractivity contribution < 1.29 is 4.74 Å². The van der Waals surface area contributed by atoms with Gasteiger partial charge < -0.3 is 15.5 Å². The van der Waals surface area contributed by atoms with Gasteiger partial charge in [0.25, 0.3) is 0 Å². The van der Waals surface area contributed by atoms with Gasteiger partial charge in [-0.1, -0.05) is 17.7 Å². The summed E-state index contributed by atoms with van der Waals surface area (Å²) in [4.78, 5) is 0. The highest BCUT2D eigenvalue weighted by Gasteiger charge is 2.34. The van der Waals surface area contributed by atoms with Crippen molar-refractivity contribution in [2.45, 2.75) is 19.4 Å². The van der Waals surface area contributed by atoms with Crippen LogP contribution in [0.4, 0.5) is 0 Å². The van der Waals surface area contributed by atoms with Crippen molar-refractivity contribution in [3.05, 3.63) is 28.8 Å². The number of ether oxygens (including phenoxy) is 1. The molecule has 0 aromatic heterocycles. The maximum atomic E-state index is 6.26. The largest absolute Gasteiger partial charge is 0.492 e. The van der Waals surface area contributed by atoms with E-state index < -0.39 is 0 Å². The Kier molecular flexibility index (Phi) is 3.62. The molecular weight excluding hydrogens is 262 g/mol. The lowest BCUT2D eigenvalue weighted by molar-refractivity contribution is 0.340. The Balaban J connectivity index is 1.81. The van der Waals surface area contributed by atoms with Crippen molar-refractivity contribution in [3.63, 3.8) is 0 Å². The van der Waals surface area contributed by atoms with Crippen molar-refractivity contribution in [1.82, 2.24) is 10.7 Å². The molecule has 0 spiro atoms. The van der Waals surface area contributed by atoms with E-state index in [1.54, 1.807) is 0 Å². The first kappa shape index (κ1) is 12.8. The number of rotatable bonds is 3. The summed E-state index contributed by atoms with van der Waals surface area (Å²) < 4.78 is 5.47. The Morgan fingerprint density at radius 2 is 2.37 bits per heavy atom.